The summed E-state index contributed by atoms with van der Waals surface area (Å²) in [5.41, 5.74) is 0. The highest BCUT2D eigenvalue weighted by molar-refractivity contribution is 5.85. The summed E-state index contributed by atoms with van der Waals surface area (Å²) in [6, 6.07) is 14.7. The van der Waals surface area contributed by atoms with Gasteiger partial charge in [0.1, 0.15) is 12.4 Å². The van der Waals surface area contributed by atoms with Crippen LogP contribution in [0.1, 0.15) is 25.7 Å². The quantitative estimate of drug-likeness (QED) is 0.726. The summed E-state index contributed by atoms with van der Waals surface area (Å²) in [4.78, 5) is 14.7. The van der Waals surface area contributed by atoms with Crippen molar-refractivity contribution < 1.29 is 9.53 Å². The molecule has 158 valence electrons. The molecule has 2 N–H and O–H groups in total. The molecule has 0 aromatic heterocycles. The first-order valence-electron chi connectivity index (χ1n) is 10.6. The summed E-state index contributed by atoms with van der Waals surface area (Å²) in [6.07, 6.45) is 4.46. The second-order valence-electron chi connectivity index (χ2n) is 8.06. The topological polar surface area (TPSA) is 53.6 Å². The van der Waals surface area contributed by atoms with Gasteiger partial charge in [-0.05, 0) is 67.6 Å². The van der Waals surface area contributed by atoms with Crippen molar-refractivity contribution in [1.29, 1.82) is 0 Å². The number of hydrogen-bond acceptors (Lipinski definition) is 4. The second kappa shape index (κ2) is 10.8. The lowest BCUT2D eigenvalue weighted by Gasteiger charge is -2.32. The summed E-state index contributed by atoms with van der Waals surface area (Å²) >= 11 is 0. The third-order valence-corrected chi connectivity index (χ3v) is 5.94. The van der Waals surface area contributed by atoms with E-state index in [4.69, 9.17) is 4.74 Å². The van der Waals surface area contributed by atoms with Gasteiger partial charge in [-0.25, -0.2) is 0 Å². The molecule has 1 amide bonds. The van der Waals surface area contributed by atoms with Crippen molar-refractivity contribution in [3.8, 4) is 5.75 Å². The minimum Gasteiger partial charge on any atom is -0.492 e. The van der Waals surface area contributed by atoms with Gasteiger partial charge in [-0.2, -0.15) is 0 Å². The van der Waals surface area contributed by atoms with Crippen LogP contribution >= 0.6 is 12.4 Å². The number of hydrogen-bond donors (Lipinski definition) is 2. The smallest absolute Gasteiger partial charge is 0.237 e. The van der Waals surface area contributed by atoms with Crippen molar-refractivity contribution >= 4 is 29.1 Å². The Kier molecular flexibility index (Phi) is 8.16. The molecule has 0 aliphatic carbocycles. The summed E-state index contributed by atoms with van der Waals surface area (Å²) in [5.74, 6) is 1.65. The Morgan fingerprint density at radius 1 is 1.14 bits per heavy atom. The van der Waals surface area contributed by atoms with E-state index < -0.39 is 0 Å². The van der Waals surface area contributed by atoms with Crippen LogP contribution in [-0.2, 0) is 4.79 Å². The number of piperidine rings is 1. The molecular formula is C23H32ClN3O2. The zero-order chi connectivity index (χ0) is 19.2. The Morgan fingerprint density at radius 3 is 2.83 bits per heavy atom. The Balaban J connectivity index is 0.00000240. The number of carbonyl (C=O) groups is 1. The van der Waals surface area contributed by atoms with Gasteiger partial charge in [0.25, 0.3) is 0 Å². The largest absolute Gasteiger partial charge is 0.492 e. The fourth-order valence-electron chi connectivity index (χ4n) is 4.35. The van der Waals surface area contributed by atoms with Gasteiger partial charge in [-0.3, -0.25) is 9.69 Å². The lowest BCUT2D eigenvalue weighted by molar-refractivity contribution is -0.123. The molecule has 0 spiro atoms. The number of ether oxygens (including phenoxy) is 1. The monoisotopic (exact) mass is 417 g/mol. The molecule has 2 aliphatic rings. The van der Waals surface area contributed by atoms with Crippen LogP contribution in [0, 0.1) is 5.92 Å². The molecule has 2 aliphatic heterocycles. The predicted molar refractivity (Wildman–Crippen MR) is 120 cm³/mol. The molecule has 29 heavy (non-hydrogen) atoms. The average Bonchev–Trinajstić information content (AvgIpc) is 3.27. The number of amides is 1. The molecule has 2 aromatic carbocycles. The molecule has 6 heteroatoms. The molecule has 2 heterocycles. The highest BCUT2D eigenvalue weighted by Gasteiger charge is 2.24. The van der Waals surface area contributed by atoms with Crippen molar-refractivity contribution in [3.63, 3.8) is 0 Å². The summed E-state index contributed by atoms with van der Waals surface area (Å²) in [7, 11) is 0. The maximum atomic E-state index is 12.2. The van der Waals surface area contributed by atoms with Crippen LogP contribution < -0.4 is 15.4 Å². The van der Waals surface area contributed by atoms with E-state index in [1.54, 1.807) is 0 Å². The van der Waals surface area contributed by atoms with Crippen molar-refractivity contribution in [2.75, 3.05) is 39.3 Å². The Labute approximate surface area is 179 Å². The first-order valence-corrected chi connectivity index (χ1v) is 10.6. The third kappa shape index (κ3) is 6.08. The van der Waals surface area contributed by atoms with E-state index in [2.05, 4.69) is 51.9 Å². The molecule has 2 saturated heterocycles. The summed E-state index contributed by atoms with van der Waals surface area (Å²) in [6.45, 7) is 5.55. The zero-order valence-electron chi connectivity index (χ0n) is 16.9. The maximum absolute atomic E-state index is 12.2. The molecule has 0 saturated carbocycles. The number of nitrogens with zero attached hydrogens (tertiary/aromatic N) is 1. The first-order chi connectivity index (χ1) is 13.8. The van der Waals surface area contributed by atoms with Gasteiger partial charge in [0.2, 0.25) is 5.91 Å². The second-order valence-corrected chi connectivity index (χ2v) is 8.06. The summed E-state index contributed by atoms with van der Waals surface area (Å²) in [5, 5.41) is 8.88. The van der Waals surface area contributed by atoms with E-state index in [-0.39, 0.29) is 24.4 Å². The van der Waals surface area contributed by atoms with Gasteiger partial charge in [0.05, 0.1) is 6.04 Å². The molecule has 5 nitrogen and oxygen atoms in total. The minimum absolute atomic E-state index is 0. The lowest BCUT2D eigenvalue weighted by Crippen LogP contribution is -2.46. The van der Waals surface area contributed by atoms with Crippen LogP contribution in [0.5, 0.6) is 5.75 Å². The number of nitrogens with one attached hydrogen (secondary N) is 2. The van der Waals surface area contributed by atoms with Gasteiger partial charge in [-0.1, -0.05) is 30.3 Å². The number of rotatable bonds is 7. The minimum atomic E-state index is 0. The number of fused-ring (bicyclic) bond motifs is 1. The van der Waals surface area contributed by atoms with E-state index in [9.17, 15) is 4.79 Å². The fourth-order valence-corrected chi connectivity index (χ4v) is 4.35. The van der Waals surface area contributed by atoms with Gasteiger partial charge in [0, 0.05) is 19.6 Å². The van der Waals surface area contributed by atoms with E-state index in [0.29, 0.717) is 12.5 Å². The van der Waals surface area contributed by atoms with Gasteiger partial charge >= 0.3 is 0 Å². The number of benzene rings is 2. The third-order valence-electron chi connectivity index (χ3n) is 5.94. The fraction of sp³-hybridized carbons (Fsp3) is 0.522. The van der Waals surface area contributed by atoms with Crippen LogP contribution in [0.15, 0.2) is 42.5 Å². The zero-order valence-corrected chi connectivity index (χ0v) is 17.8. The lowest BCUT2D eigenvalue weighted by atomic mass is 9.98. The highest BCUT2D eigenvalue weighted by Crippen LogP contribution is 2.21. The van der Waals surface area contributed by atoms with E-state index >= 15 is 0 Å². The molecular weight excluding hydrogens is 386 g/mol. The van der Waals surface area contributed by atoms with Gasteiger partial charge in [-0.15, -0.1) is 12.4 Å². The molecule has 2 unspecified atom stereocenters. The van der Waals surface area contributed by atoms with Gasteiger partial charge in [0.15, 0.2) is 0 Å². The average molecular weight is 418 g/mol. The van der Waals surface area contributed by atoms with Crippen molar-refractivity contribution in [1.82, 2.24) is 15.5 Å². The molecule has 4 rings (SSSR count). The van der Waals surface area contributed by atoms with Crippen molar-refractivity contribution in [3.05, 3.63) is 42.5 Å². The molecule has 0 bridgehead atoms. The number of carbonyl (C=O) groups excluding carboxylic acids is 1. The molecule has 2 fully saturated rings. The molecule has 2 atom stereocenters. The van der Waals surface area contributed by atoms with Crippen molar-refractivity contribution in [2.45, 2.75) is 31.7 Å². The van der Waals surface area contributed by atoms with Crippen LogP contribution in [0.3, 0.4) is 0 Å². The highest BCUT2D eigenvalue weighted by atomic mass is 35.5. The van der Waals surface area contributed by atoms with Crippen molar-refractivity contribution in [2.24, 2.45) is 5.92 Å². The van der Waals surface area contributed by atoms with Crippen LogP contribution in [0.2, 0.25) is 0 Å². The standard InChI is InChI=1S/C23H31N3O2.ClH/c27-23(22-8-3-11-24-22)25-16-18-5-4-12-26(17-18)13-14-28-21-10-9-19-6-1-2-7-20(19)15-21;/h1-2,6-7,9-10,15,18,22,24H,3-5,8,11-14,16-17H2,(H,25,27);1H. The number of halogens is 1. The molecule has 2 aromatic rings. The Bertz CT molecular complexity index is 795. The van der Waals surface area contributed by atoms with E-state index in [1.807, 2.05) is 6.07 Å². The van der Waals surface area contributed by atoms with Gasteiger partial charge < -0.3 is 15.4 Å². The summed E-state index contributed by atoms with van der Waals surface area (Å²) < 4.78 is 6.00. The van der Waals surface area contributed by atoms with Crippen LogP contribution in [-0.4, -0.2) is 56.2 Å². The predicted octanol–water partition coefficient (Wildman–Crippen LogP) is 3.22. The van der Waals surface area contributed by atoms with Crippen LogP contribution in [0.4, 0.5) is 0 Å². The normalized spacial score (nSPS) is 22.2. The van der Waals surface area contributed by atoms with E-state index in [1.165, 1.54) is 23.6 Å². The maximum Gasteiger partial charge on any atom is 0.237 e. The number of likely N-dealkylation sites (tertiary alicyclic amines) is 1. The SMILES string of the molecule is Cl.O=C(NCC1CCCN(CCOc2ccc3ccccc3c2)C1)C1CCCN1. The first kappa shape index (κ1) is 21.9. The van der Waals surface area contributed by atoms with E-state index in [0.717, 1.165) is 51.3 Å². The molecule has 0 radical (unpaired) electrons. The Hall–Kier alpha value is -1.82. The Morgan fingerprint density at radius 2 is 2.00 bits per heavy atom. The van der Waals surface area contributed by atoms with Crippen LogP contribution in [0.25, 0.3) is 10.8 Å².